The molecule has 0 radical (unpaired) electrons. The van der Waals surface area contributed by atoms with Gasteiger partial charge >= 0.3 is 11.7 Å². The van der Waals surface area contributed by atoms with Gasteiger partial charge in [-0.15, -0.1) is 0 Å². The Morgan fingerprint density at radius 1 is 1.48 bits per heavy atom. The second-order valence-corrected chi connectivity index (χ2v) is 5.07. The average Bonchev–Trinajstić information content (AvgIpc) is 2.76. The molecule has 9 nitrogen and oxygen atoms in total. The molecule has 2 rings (SSSR count). The topological polar surface area (TPSA) is 131 Å². The zero-order chi connectivity index (χ0) is 17.3. The molecular weight excluding hydrogens is 315 g/mol. The van der Waals surface area contributed by atoms with Crippen molar-refractivity contribution in [1.29, 1.82) is 0 Å². The molecule has 4 atom stereocenters. The van der Waals surface area contributed by atoms with Crippen LogP contribution in [0.3, 0.4) is 0 Å². The van der Waals surface area contributed by atoms with E-state index in [4.69, 9.17) is 9.47 Å². The average molecular weight is 330 g/mol. The van der Waals surface area contributed by atoms with E-state index in [1.54, 1.807) is 4.98 Å². The van der Waals surface area contributed by atoms with Crippen molar-refractivity contribution in [1.82, 2.24) is 9.55 Å². The summed E-state index contributed by atoms with van der Waals surface area (Å²) in [5.74, 6) is -1.97. The fraction of sp³-hybridized carbons (Fsp3) is 0.462. The first kappa shape index (κ1) is 17.1. The van der Waals surface area contributed by atoms with E-state index in [-0.39, 0.29) is 5.57 Å². The monoisotopic (exact) mass is 330 g/mol. The van der Waals surface area contributed by atoms with Crippen molar-refractivity contribution in [2.24, 2.45) is 0 Å². The van der Waals surface area contributed by atoms with E-state index in [2.05, 4.69) is 6.58 Å². The minimum absolute atomic E-state index is 0.133. The van der Waals surface area contributed by atoms with Crippen LogP contribution in [0.25, 0.3) is 0 Å². The van der Waals surface area contributed by atoms with Gasteiger partial charge in [0, 0.05) is 5.57 Å². The van der Waals surface area contributed by atoms with Crippen molar-refractivity contribution in [3.05, 3.63) is 45.0 Å². The van der Waals surface area contributed by atoms with Crippen molar-refractivity contribution < 1.29 is 28.9 Å². The summed E-state index contributed by atoms with van der Waals surface area (Å²) in [6, 6.07) is 0. The highest BCUT2D eigenvalue weighted by Crippen LogP contribution is 2.28. The lowest BCUT2D eigenvalue weighted by atomic mass is 10.1. The molecule has 10 heteroatoms. The SMILES string of the molecule is C=C(C)C(=O)OC[C@H]1O[C@@H](n2cc(F)c(=O)[nH]c2=O)[C@H](O)[C@@H]1O. The molecule has 1 saturated heterocycles. The smallest absolute Gasteiger partial charge is 0.333 e. The minimum atomic E-state index is -1.59. The normalized spacial score (nSPS) is 27.0. The van der Waals surface area contributed by atoms with Crippen LogP contribution in [0.2, 0.25) is 0 Å². The van der Waals surface area contributed by atoms with Crippen LogP contribution in [-0.2, 0) is 14.3 Å². The molecule has 0 aromatic carbocycles. The van der Waals surface area contributed by atoms with Gasteiger partial charge in [0.2, 0.25) is 5.82 Å². The molecule has 0 aliphatic carbocycles. The lowest BCUT2D eigenvalue weighted by Gasteiger charge is -2.16. The molecule has 23 heavy (non-hydrogen) atoms. The van der Waals surface area contributed by atoms with Crippen LogP contribution in [0.4, 0.5) is 4.39 Å². The number of halogens is 1. The van der Waals surface area contributed by atoms with Gasteiger partial charge in [0.1, 0.15) is 24.9 Å². The number of aliphatic hydroxyl groups is 2. The Labute approximate surface area is 128 Å². The van der Waals surface area contributed by atoms with Gasteiger partial charge in [-0.2, -0.15) is 4.39 Å². The summed E-state index contributed by atoms with van der Waals surface area (Å²) in [5.41, 5.74) is -2.10. The number of aromatic amines is 1. The van der Waals surface area contributed by atoms with E-state index in [0.717, 1.165) is 0 Å². The predicted molar refractivity (Wildman–Crippen MR) is 73.0 cm³/mol. The predicted octanol–water partition coefficient (Wildman–Crippen LogP) is -1.59. The van der Waals surface area contributed by atoms with Gasteiger partial charge in [-0.05, 0) is 6.92 Å². The first-order valence-electron chi connectivity index (χ1n) is 6.57. The molecule has 2 heterocycles. The number of nitrogens with one attached hydrogen (secondary N) is 1. The number of H-pyrrole nitrogens is 1. The maximum absolute atomic E-state index is 13.3. The maximum atomic E-state index is 13.3. The third-order valence-corrected chi connectivity index (χ3v) is 3.26. The highest BCUT2D eigenvalue weighted by Gasteiger charge is 2.44. The zero-order valence-corrected chi connectivity index (χ0v) is 12.1. The van der Waals surface area contributed by atoms with E-state index in [1.807, 2.05) is 0 Å². The number of aliphatic hydroxyl groups excluding tert-OH is 2. The van der Waals surface area contributed by atoms with Crippen LogP contribution in [0.15, 0.2) is 27.9 Å². The number of ether oxygens (including phenoxy) is 2. The first-order chi connectivity index (χ1) is 10.7. The highest BCUT2D eigenvalue weighted by atomic mass is 19.1. The molecule has 1 aliphatic rings. The number of esters is 1. The van der Waals surface area contributed by atoms with Crippen molar-refractivity contribution >= 4 is 5.97 Å². The Kier molecular flexibility index (Phi) is 4.78. The van der Waals surface area contributed by atoms with E-state index in [9.17, 15) is 29.0 Å². The number of hydrogen-bond donors (Lipinski definition) is 3. The van der Waals surface area contributed by atoms with Crippen LogP contribution in [-0.4, -0.2) is 50.7 Å². The molecule has 0 unspecified atom stereocenters. The molecule has 126 valence electrons. The fourth-order valence-corrected chi connectivity index (χ4v) is 2.03. The molecule has 1 aromatic rings. The van der Waals surface area contributed by atoms with E-state index < -0.39 is 54.2 Å². The first-order valence-corrected chi connectivity index (χ1v) is 6.57. The van der Waals surface area contributed by atoms with E-state index >= 15 is 0 Å². The Morgan fingerprint density at radius 2 is 2.13 bits per heavy atom. The van der Waals surface area contributed by atoms with Gasteiger partial charge < -0.3 is 19.7 Å². The second-order valence-electron chi connectivity index (χ2n) is 5.07. The minimum Gasteiger partial charge on any atom is -0.459 e. The zero-order valence-electron chi connectivity index (χ0n) is 12.1. The van der Waals surface area contributed by atoms with E-state index in [0.29, 0.717) is 10.8 Å². The molecule has 1 aromatic heterocycles. The largest absolute Gasteiger partial charge is 0.459 e. The number of nitrogens with zero attached hydrogens (tertiary/aromatic N) is 1. The third-order valence-electron chi connectivity index (χ3n) is 3.26. The Hall–Kier alpha value is -2.30. The molecule has 0 amide bonds. The van der Waals surface area contributed by atoms with Gasteiger partial charge in [-0.25, -0.2) is 9.59 Å². The summed E-state index contributed by atoms with van der Waals surface area (Å²) in [7, 11) is 0. The quantitative estimate of drug-likeness (QED) is 0.448. The highest BCUT2D eigenvalue weighted by molar-refractivity contribution is 5.86. The van der Waals surface area contributed by atoms with Crippen LogP contribution in [0, 0.1) is 5.82 Å². The van der Waals surface area contributed by atoms with E-state index in [1.165, 1.54) is 6.92 Å². The van der Waals surface area contributed by atoms with Gasteiger partial charge in [0.05, 0.1) is 6.20 Å². The van der Waals surface area contributed by atoms with Crippen molar-refractivity contribution in [2.75, 3.05) is 6.61 Å². The number of aromatic nitrogens is 2. The van der Waals surface area contributed by atoms with Crippen molar-refractivity contribution in [3.63, 3.8) is 0 Å². The third kappa shape index (κ3) is 3.38. The molecule has 0 spiro atoms. The molecule has 0 bridgehead atoms. The summed E-state index contributed by atoms with van der Waals surface area (Å²) in [4.78, 5) is 35.7. The summed E-state index contributed by atoms with van der Waals surface area (Å²) in [6.07, 6.45) is -5.10. The molecular formula is C13H15FN2O7. The van der Waals surface area contributed by atoms with Crippen LogP contribution in [0.5, 0.6) is 0 Å². The molecule has 3 N–H and O–H groups in total. The lowest BCUT2D eigenvalue weighted by Crippen LogP contribution is -2.38. The molecule has 1 fully saturated rings. The summed E-state index contributed by atoms with van der Waals surface area (Å²) < 4.78 is 24.0. The van der Waals surface area contributed by atoms with Gasteiger partial charge in [0.15, 0.2) is 6.23 Å². The van der Waals surface area contributed by atoms with Crippen molar-refractivity contribution in [3.8, 4) is 0 Å². The summed E-state index contributed by atoms with van der Waals surface area (Å²) in [5, 5.41) is 19.8. The fourth-order valence-electron chi connectivity index (χ4n) is 2.03. The summed E-state index contributed by atoms with van der Waals surface area (Å²) in [6.45, 7) is 4.40. The Bertz CT molecular complexity index is 741. The van der Waals surface area contributed by atoms with Crippen LogP contribution < -0.4 is 11.2 Å². The summed E-state index contributed by atoms with van der Waals surface area (Å²) >= 11 is 0. The van der Waals surface area contributed by atoms with Gasteiger partial charge in [-0.1, -0.05) is 6.58 Å². The van der Waals surface area contributed by atoms with Crippen LogP contribution >= 0.6 is 0 Å². The number of rotatable bonds is 4. The number of carbonyl (C=O) groups excluding carboxylic acids is 1. The molecule has 1 aliphatic heterocycles. The van der Waals surface area contributed by atoms with Gasteiger partial charge in [0.25, 0.3) is 5.56 Å². The second kappa shape index (κ2) is 6.44. The number of carbonyl (C=O) groups is 1. The Balaban J connectivity index is 2.18. The maximum Gasteiger partial charge on any atom is 0.333 e. The Morgan fingerprint density at radius 3 is 2.74 bits per heavy atom. The van der Waals surface area contributed by atoms with Gasteiger partial charge in [-0.3, -0.25) is 14.3 Å². The van der Waals surface area contributed by atoms with Crippen LogP contribution in [0.1, 0.15) is 13.2 Å². The lowest BCUT2D eigenvalue weighted by molar-refractivity contribution is -0.145. The number of hydrogen-bond acceptors (Lipinski definition) is 7. The molecule has 0 saturated carbocycles. The van der Waals surface area contributed by atoms with Crippen molar-refractivity contribution in [2.45, 2.75) is 31.5 Å². The standard InChI is InChI=1S/C13H15FN2O7/c1-5(2)12(20)22-4-7-8(17)9(18)11(23-7)16-3-6(14)10(19)15-13(16)21/h3,7-9,11,17-18H,1,4H2,2H3,(H,15,19,21)/t7-,8-,9-,11-/m1/s1.